The van der Waals surface area contributed by atoms with Crippen LogP contribution >= 0.6 is 0 Å². The molecule has 252 valence electrons. The van der Waals surface area contributed by atoms with Gasteiger partial charge in [0.15, 0.2) is 5.82 Å². The van der Waals surface area contributed by atoms with Crippen LogP contribution in [0.3, 0.4) is 0 Å². The van der Waals surface area contributed by atoms with Crippen molar-refractivity contribution in [3.05, 3.63) is 206 Å². The van der Waals surface area contributed by atoms with E-state index in [0.717, 1.165) is 44.5 Å². The van der Waals surface area contributed by atoms with Crippen LogP contribution in [0.25, 0.3) is 99.6 Å². The average molecular weight is 687 g/mol. The quantitative estimate of drug-likeness (QED) is 0.163. The van der Waals surface area contributed by atoms with Crippen LogP contribution < -0.4 is 0 Å². The number of fused-ring (bicyclic) bond motifs is 4. The van der Waals surface area contributed by atoms with E-state index in [1.807, 2.05) is 0 Å². The molecule has 1 aromatic heterocycles. The summed E-state index contributed by atoms with van der Waals surface area (Å²) in [5.41, 5.74) is 13.5. The van der Waals surface area contributed by atoms with Gasteiger partial charge in [-0.05, 0) is 90.3 Å². The maximum absolute atomic E-state index is 5.28. The van der Waals surface area contributed by atoms with Crippen molar-refractivity contribution in [3.8, 4) is 67.2 Å². The van der Waals surface area contributed by atoms with E-state index in [-0.39, 0.29) is 0 Å². The zero-order valence-electron chi connectivity index (χ0n) is 29.5. The van der Waals surface area contributed by atoms with Gasteiger partial charge in [0.05, 0.1) is 11.2 Å². The average Bonchev–Trinajstić information content (AvgIpc) is 3.26. The lowest BCUT2D eigenvalue weighted by Crippen LogP contribution is -1.96. The van der Waals surface area contributed by atoms with E-state index in [2.05, 4.69) is 206 Å². The molecule has 2 heteroatoms. The lowest BCUT2D eigenvalue weighted by molar-refractivity contribution is 1.23. The standard InChI is InChI=1S/C52H34N2/c1-2-10-35(11-3-1)43-15-8-17-45(32-43)46-18-9-16-44(33-46)39-22-20-37(21-23-39)38-24-27-41(28-25-38)51-50-48-19-7-6-13-40(48)30-31-49(50)53-52(54-51)47-29-26-36-12-4-5-14-42(36)34-47/h1-34H. The molecule has 0 unspecified atom stereocenters. The largest absolute Gasteiger partial charge is 0.228 e. The first kappa shape index (κ1) is 31.6. The molecule has 9 aromatic carbocycles. The topological polar surface area (TPSA) is 25.8 Å². The van der Waals surface area contributed by atoms with Crippen LogP contribution in [-0.2, 0) is 0 Å². The Bertz CT molecular complexity index is 2960. The molecule has 1 heterocycles. The summed E-state index contributed by atoms with van der Waals surface area (Å²) < 4.78 is 0. The molecule has 0 amide bonds. The third-order valence-electron chi connectivity index (χ3n) is 10.5. The summed E-state index contributed by atoms with van der Waals surface area (Å²) >= 11 is 0. The van der Waals surface area contributed by atoms with Crippen LogP contribution in [0.1, 0.15) is 0 Å². The van der Waals surface area contributed by atoms with Gasteiger partial charge < -0.3 is 0 Å². The highest BCUT2D eigenvalue weighted by molar-refractivity contribution is 6.12. The summed E-state index contributed by atoms with van der Waals surface area (Å²) in [6.07, 6.45) is 0. The summed E-state index contributed by atoms with van der Waals surface area (Å²) in [5, 5.41) is 5.79. The van der Waals surface area contributed by atoms with Gasteiger partial charge in [0.2, 0.25) is 0 Å². The van der Waals surface area contributed by atoms with Crippen molar-refractivity contribution < 1.29 is 0 Å². The molecule has 0 bridgehead atoms. The van der Waals surface area contributed by atoms with E-state index in [4.69, 9.17) is 9.97 Å². The Morgan fingerprint density at radius 2 is 0.722 bits per heavy atom. The van der Waals surface area contributed by atoms with Gasteiger partial charge in [0.25, 0.3) is 0 Å². The van der Waals surface area contributed by atoms with Gasteiger partial charge >= 0.3 is 0 Å². The third kappa shape index (κ3) is 5.90. The summed E-state index contributed by atoms with van der Waals surface area (Å²) in [7, 11) is 0. The van der Waals surface area contributed by atoms with E-state index >= 15 is 0 Å². The number of benzene rings is 9. The van der Waals surface area contributed by atoms with Gasteiger partial charge in [-0.2, -0.15) is 0 Å². The molecule has 0 spiro atoms. The fraction of sp³-hybridized carbons (Fsp3) is 0. The van der Waals surface area contributed by atoms with Crippen LogP contribution in [0.2, 0.25) is 0 Å². The highest BCUT2D eigenvalue weighted by Gasteiger charge is 2.15. The van der Waals surface area contributed by atoms with Crippen molar-refractivity contribution in [2.45, 2.75) is 0 Å². The molecule has 0 aliphatic rings. The summed E-state index contributed by atoms with van der Waals surface area (Å²) in [6.45, 7) is 0. The number of nitrogens with zero attached hydrogens (tertiary/aromatic N) is 2. The van der Waals surface area contributed by atoms with Crippen LogP contribution in [-0.4, -0.2) is 9.97 Å². The molecule has 2 nitrogen and oxygen atoms in total. The van der Waals surface area contributed by atoms with Crippen molar-refractivity contribution >= 4 is 32.4 Å². The Kier molecular flexibility index (Phi) is 7.85. The van der Waals surface area contributed by atoms with Crippen LogP contribution in [0.4, 0.5) is 0 Å². The molecule has 10 rings (SSSR count). The fourth-order valence-electron chi connectivity index (χ4n) is 7.63. The molecular weight excluding hydrogens is 653 g/mol. The second-order valence-electron chi connectivity index (χ2n) is 13.8. The molecule has 0 saturated heterocycles. The van der Waals surface area contributed by atoms with E-state index in [1.54, 1.807) is 0 Å². The smallest absolute Gasteiger partial charge is 0.160 e. The first-order valence-electron chi connectivity index (χ1n) is 18.4. The summed E-state index contributed by atoms with van der Waals surface area (Å²) in [5.74, 6) is 0.728. The summed E-state index contributed by atoms with van der Waals surface area (Å²) in [6, 6.07) is 73.5. The highest BCUT2D eigenvalue weighted by Crippen LogP contribution is 2.36. The van der Waals surface area contributed by atoms with Gasteiger partial charge in [-0.15, -0.1) is 0 Å². The van der Waals surface area contributed by atoms with E-state index < -0.39 is 0 Å². The van der Waals surface area contributed by atoms with Gasteiger partial charge in [-0.1, -0.05) is 182 Å². The second-order valence-corrected chi connectivity index (χ2v) is 13.8. The van der Waals surface area contributed by atoms with E-state index in [0.29, 0.717) is 0 Å². The fourth-order valence-corrected chi connectivity index (χ4v) is 7.63. The second kappa shape index (κ2) is 13.4. The predicted octanol–water partition coefficient (Wildman–Crippen LogP) is 13.9. The van der Waals surface area contributed by atoms with Crippen LogP contribution in [0, 0.1) is 0 Å². The molecular formula is C52H34N2. The van der Waals surface area contributed by atoms with Gasteiger partial charge in [0, 0.05) is 16.5 Å². The Hall–Kier alpha value is -7.16. The third-order valence-corrected chi connectivity index (χ3v) is 10.5. The molecule has 0 atom stereocenters. The molecule has 0 aliphatic carbocycles. The zero-order valence-corrected chi connectivity index (χ0v) is 29.5. The first-order valence-corrected chi connectivity index (χ1v) is 18.4. The number of hydrogen-bond acceptors (Lipinski definition) is 2. The molecule has 54 heavy (non-hydrogen) atoms. The van der Waals surface area contributed by atoms with Crippen molar-refractivity contribution in [2.75, 3.05) is 0 Å². The Balaban J connectivity index is 0.980. The number of hydrogen-bond donors (Lipinski definition) is 0. The van der Waals surface area contributed by atoms with Crippen molar-refractivity contribution in [2.24, 2.45) is 0 Å². The lowest BCUT2D eigenvalue weighted by Gasteiger charge is -2.13. The summed E-state index contributed by atoms with van der Waals surface area (Å²) in [4.78, 5) is 10.4. The van der Waals surface area contributed by atoms with Crippen molar-refractivity contribution in [3.63, 3.8) is 0 Å². The Morgan fingerprint density at radius 1 is 0.259 bits per heavy atom. The maximum atomic E-state index is 5.28. The van der Waals surface area contributed by atoms with Gasteiger partial charge in [-0.3, -0.25) is 0 Å². The lowest BCUT2D eigenvalue weighted by atomic mass is 9.95. The molecule has 0 fully saturated rings. The van der Waals surface area contributed by atoms with E-state index in [1.165, 1.54) is 55.1 Å². The van der Waals surface area contributed by atoms with Crippen molar-refractivity contribution in [1.29, 1.82) is 0 Å². The Labute approximate surface area is 314 Å². The SMILES string of the molecule is c1ccc(-c2cccc(-c3cccc(-c4ccc(-c5ccc(-c6nc(-c7ccc8ccccc8c7)nc7ccc8ccccc8c67)cc5)cc4)c3)c2)cc1. The molecule has 0 saturated carbocycles. The zero-order chi connectivity index (χ0) is 35.8. The van der Waals surface area contributed by atoms with Crippen LogP contribution in [0.15, 0.2) is 206 Å². The minimum atomic E-state index is 0.728. The normalized spacial score (nSPS) is 11.3. The number of rotatable bonds is 6. The molecule has 0 radical (unpaired) electrons. The van der Waals surface area contributed by atoms with E-state index in [9.17, 15) is 0 Å². The number of aromatic nitrogens is 2. The molecule has 0 aliphatic heterocycles. The highest BCUT2D eigenvalue weighted by atomic mass is 14.9. The molecule has 10 aromatic rings. The predicted molar refractivity (Wildman–Crippen MR) is 227 cm³/mol. The molecule has 0 N–H and O–H groups in total. The van der Waals surface area contributed by atoms with Crippen LogP contribution in [0.5, 0.6) is 0 Å². The minimum Gasteiger partial charge on any atom is -0.228 e. The Morgan fingerprint density at radius 3 is 1.39 bits per heavy atom. The monoisotopic (exact) mass is 686 g/mol. The van der Waals surface area contributed by atoms with Crippen molar-refractivity contribution in [1.82, 2.24) is 9.97 Å². The minimum absolute atomic E-state index is 0.728. The van der Waals surface area contributed by atoms with Gasteiger partial charge in [-0.25, -0.2) is 9.97 Å². The van der Waals surface area contributed by atoms with Gasteiger partial charge in [0.1, 0.15) is 0 Å². The maximum Gasteiger partial charge on any atom is 0.160 e. The first-order chi connectivity index (χ1) is 26.7.